The van der Waals surface area contributed by atoms with Crippen LogP contribution in [0.3, 0.4) is 0 Å². The van der Waals surface area contributed by atoms with Crippen molar-refractivity contribution in [2.24, 2.45) is 0 Å². The molecule has 6 heteroatoms. The van der Waals surface area contributed by atoms with Crippen LogP contribution in [-0.4, -0.2) is 25.7 Å². The molecule has 1 rings (SSSR count). The summed E-state index contributed by atoms with van der Waals surface area (Å²) in [7, 11) is -2.08. The lowest BCUT2D eigenvalue weighted by Crippen LogP contribution is -2.21. The number of alkyl halides is 3. The van der Waals surface area contributed by atoms with E-state index in [2.05, 4.69) is 0 Å². The molecule has 1 saturated heterocycles. The maximum Gasteiger partial charge on any atom is 0.391 e. The number of halogens is 3. The van der Waals surface area contributed by atoms with Crippen LogP contribution >= 0.6 is 0 Å². The predicted octanol–water partition coefficient (Wildman–Crippen LogP) is 0.343. The van der Waals surface area contributed by atoms with E-state index in [-0.39, 0.29) is 5.54 Å². The van der Waals surface area contributed by atoms with Gasteiger partial charge in [-0.2, -0.15) is 13.2 Å². The van der Waals surface area contributed by atoms with Gasteiger partial charge in [0.25, 0.3) is 0 Å². The Morgan fingerprint density at radius 1 is 1.30 bits per heavy atom. The Morgan fingerprint density at radius 2 is 1.90 bits per heavy atom. The molecule has 0 amide bonds. The predicted molar refractivity (Wildman–Crippen MR) is 37.4 cm³/mol. The normalized spacial score (nSPS) is 39.6. The molecular weight excluding hydrogens is 177 g/mol. The van der Waals surface area contributed by atoms with Crippen molar-refractivity contribution >= 4 is 19.5 Å². The topological polar surface area (TPSA) is 9.23 Å². The van der Waals surface area contributed by atoms with Crippen LogP contribution in [0.1, 0.15) is 6.92 Å². The van der Waals surface area contributed by atoms with Crippen LogP contribution in [0.5, 0.6) is 0 Å². The minimum absolute atomic E-state index is 0.174. The first kappa shape index (κ1) is 8.28. The summed E-state index contributed by atoms with van der Waals surface area (Å²) in [5.74, 6) is 0. The van der Waals surface area contributed by atoms with Crippen molar-refractivity contribution < 1.29 is 17.3 Å². The van der Waals surface area contributed by atoms with E-state index in [1.165, 1.54) is 0 Å². The molecule has 2 atom stereocenters. The van der Waals surface area contributed by atoms with E-state index in [1.54, 1.807) is 6.92 Å². The van der Waals surface area contributed by atoms with E-state index in [0.717, 1.165) is 0 Å². The van der Waals surface area contributed by atoms with E-state index in [1.807, 2.05) is 0 Å². The lowest BCUT2D eigenvalue weighted by atomic mass is 10.3. The first-order valence-electron chi connectivity index (χ1n) is 3.16. The number of hydrogen-bond acceptors (Lipinski definition) is 1. The van der Waals surface area contributed by atoms with E-state index in [9.17, 15) is 13.2 Å². The van der Waals surface area contributed by atoms with Crippen molar-refractivity contribution in [3.05, 3.63) is 0 Å². The Bertz CT molecular complexity index is 126. The number of hydrogen-bond donors (Lipinski definition) is 0. The minimum Gasteiger partial charge on any atom is -0.464 e. The zero-order valence-electron chi connectivity index (χ0n) is 5.61. The molecule has 60 valence electrons. The molecule has 0 saturated carbocycles. The summed E-state index contributed by atoms with van der Waals surface area (Å²) < 4.78 is 40.9. The molecule has 1 aliphatic rings. The molecule has 0 aromatic carbocycles. The molecule has 1 aliphatic heterocycles. The quantitative estimate of drug-likeness (QED) is 0.496. The summed E-state index contributed by atoms with van der Waals surface area (Å²) >= 11 is 0. The summed E-state index contributed by atoms with van der Waals surface area (Å²) in [4.78, 5) is 0. The second kappa shape index (κ2) is 2.67. The van der Waals surface area contributed by atoms with Crippen molar-refractivity contribution in [3.63, 3.8) is 0 Å². The zero-order chi connectivity index (χ0) is 7.78. The molecule has 0 aromatic heterocycles. The van der Waals surface area contributed by atoms with Gasteiger partial charge in [-0.05, 0) is 5.54 Å². The standard InChI is InChI=1S/C4H9F3OSi2/c1-2-3(4(5,6)7)10-8-9-2/h2-3H,9-10H2,1H3. The van der Waals surface area contributed by atoms with Gasteiger partial charge in [0.15, 0.2) is 9.76 Å². The lowest BCUT2D eigenvalue weighted by Gasteiger charge is -2.15. The molecule has 1 nitrogen and oxygen atoms in total. The van der Waals surface area contributed by atoms with Gasteiger partial charge < -0.3 is 4.12 Å². The van der Waals surface area contributed by atoms with Gasteiger partial charge in [-0.25, -0.2) is 0 Å². The summed E-state index contributed by atoms with van der Waals surface area (Å²) in [6, 6.07) is 0. The molecular formula is C4H9F3OSi2. The first-order valence-corrected chi connectivity index (χ1v) is 5.95. The molecule has 10 heavy (non-hydrogen) atoms. The Morgan fingerprint density at radius 3 is 2.10 bits per heavy atom. The fourth-order valence-electron chi connectivity index (χ4n) is 1.08. The second-order valence-corrected chi connectivity index (χ2v) is 7.13. The molecule has 0 radical (unpaired) electrons. The number of rotatable bonds is 0. The smallest absolute Gasteiger partial charge is 0.391 e. The summed E-state index contributed by atoms with van der Waals surface area (Å²) in [5.41, 5.74) is -1.22. The van der Waals surface area contributed by atoms with Gasteiger partial charge in [0.1, 0.15) is 9.76 Å². The highest BCUT2D eigenvalue weighted by atomic mass is 28.3. The SMILES string of the molecule is CC1[SiH2]O[SiH2]C1C(F)(F)F. The Balaban J connectivity index is 2.55. The van der Waals surface area contributed by atoms with Crippen molar-refractivity contribution in [1.29, 1.82) is 0 Å². The van der Waals surface area contributed by atoms with Crippen LogP contribution < -0.4 is 0 Å². The molecule has 1 fully saturated rings. The monoisotopic (exact) mass is 186 g/mol. The molecule has 0 aliphatic carbocycles. The summed E-state index contributed by atoms with van der Waals surface area (Å²) in [6.45, 7) is 1.66. The van der Waals surface area contributed by atoms with Gasteiger partial charge in [-0.15, -0.1) is 0 Å². The fourth-order valence-corrected chi connectivity index (χ4v) is 5.96. The third-order valence-corrected chi connectivity index (χ3v) is 7.06. The highest BCUT2D eigenvalue weighted by Gasteiger charge is 2.46. The zero-order valence-corrected chi connectivity index (χ0v) is 8.44. The molecule has 2 unspecified atom stereocenters. The minimum atomic E-state index is -3.98. The first-order chi connectivity index (χ1) is 4.52. The average molecular weight is 186 g/mol. The van der Waals surface area contributed by atoms with Crippen LogP contribution in [0.2, 0.25) is 11.1 Å². The van der Waals surface area contributed by atoms with Crippen molar-refractivity contribution in [3.8, 4) is 0 Å². The van der Waals surface area contributed by atoms with Crippen LogP contribution in [-0.2, 0) is 4.12 Å². The second-order valence-electron chi connectivity index (χ2n) is 2.66. The van der Waals surface area contributed by atoms with Gasteiger partial charge in [0.2, 0.25) is 0 Å². The van der Waals surface area contributed by atoms with Crippen molar-refractivity contribution in [2.75, 3.05) is 0 Å². The van der Waals surface area contributed by atoms with Gasteiger partial charge in [-0.1, -0.05) is 6.92 Å². The van der Waals surface area contributed by atoms with Crippen LogP contribution in [0.15, 0.2) is 0 Å². The Hall–Kier alpha value is 0.184. The fraction of sp³-hybridized carbons (Fsp3) is 1.00. The molecule has 1 heterocycles. The van der Waals surface area contributed by atoms with E-state index in [0.29, 0.717) is 0 Å². The molecule has 0 spiro atoms. The average Bonchev–Trinajstić information content (AvgIpc) is 2.11. The largest absolute Gasteiger partial charge is 0.464 e. The maximum atomic E-state index is 12.0. The van der Waals surface area contributed by atoms with E-state index < -0.39 is 31.2 Å². The van der Waals surface area contributed by atoms with Gasteiger partial charge in [0, 0.05) is 0 Å². The molecule has 0 N–H and O–H groups in total. The maximum absolute atomic E-state index is 12.0. The van der Waals surface area contributed by atoms with Crippen LogP contribution in [0.4, 0.5) is 13.2 Å². The van der Waals surface area contributed by atoms with Gasteiger partial charge in [-0.3, -0.25) is 0 Å². The molecule has 0 bridgehead atoms. The Labute approximate surface area is 61.8 Å². The van der Waals surface area contributed by atoms with Crippen LogP contribution in [0, 0.1) is 0 Å². The Kier molecular flexibility index (Phi) is 2.21. The van der Waals surface area contributed by atoms with Gasteiger partial charge in [0.05, 0.1) is 5.54 Å². The van der Waals surface area contributed by atoms with Crippen LogP contribution in [0.25, 0.3) is 0 Å². The van der Waals surface area contributed by atoms with E-state index in [4.69, 9.17) is 4.12 Å². The third-order valence-electron chi connectivity index (χ3n) is 1.79. The summed E-state index contributed by atoms with van der Waals surface area (Å²) in [5, 5.41) is 0. The highest BCUT2D eigenvalue weighted by molar-refractivity contribution is 6.52. The van der Waals surface area contributed by atoms with Gasteiger partial charge >= 0.3 is 6.18 Å². The van der Waals surface area contributed by atoms with Crippen molar-refractivity contribution in [2.45, 2.75) is 24.2 Å². The van der Waals surface area contributed by atoms with E-state index >= 15 is 0 Å². The summed E-state index contributed by atoms with van der Waals surface area (Å²) in [6.07, 6.45) is -3.98. The lowest BCUT2D eigenvalue weighted by molar-refractivity contribution is -0.133. The molecule has 0 aromatic rings. The third kappa shape index (κ3) is 1.61. The highest BCUT2D eigenvalue weighted by Crippen LogP contribution is 2.42. The van der Waals surface area contributed by atoms with Crippen molar-refractivity contribution in [1.82, 2.24) is 0 Å².